The molecule has 5 heteroatoms. The highest BCUT2D eigenvalue weighted by Gasteiger charge is 2.06. The molecule has 112 valence electrons. The van der Waals surface area contributed by atoms with Gasteiger partial charge in [0.1, 0.15) is 5.75 Å². The quantitative estimate of drug-likeness (QED) is 0.626. The van der Waals surface area contributed by atoms with Crippen LogP contribution in [0.25, 0.3) is 0 Å². The number of nitrogens with zero attached hydrogens (tertiary/aromatic N) is 1. The summed E-state index contributed by atoms with van der Waals surface area (Å²) >= 11 is 5.99. The van der Waals surface area contributed by atoms with E-state index >= 15 is 0 Å². The van der Waals surface area contributed by atoms with Crippen molar-refractivity contribution in [2.24, 2.45) is 10.9 Å². The molecule has 0 saturated heterocycles. The van der Waals surface area contributed by atoms with Gasteiger partial charge >= 0.3 is 0 Å². The molecule has 0 fully saturated rings. The van der Waals surface area contributed by atoms with Crippen molar-refractivity contribution in [1.82, 2.24) is 10.6 Å². The number of benzene rings is 1. The lowest BCUT2D eigenvalue weighted by molar-refractivity contribution is 0.336. The van der Waals surface area contributed by atoms with Crippen LogP contribution < -0.4 is 15.4 Å². The number of halogens is 1. The molecule has 1 aromatic carbocycles. The number of aliphatic imine (C=N–C) groups is 1. The minimum absolute atomic E-state index is 0.572. The van der Waals surface area contributed by atoms with E-state index in [0.29, 0.717) is 24.1 Å². The van der Waals surface area contributed by atoms with E-state index in [1.165, 1.54) is 0 Å². The molecular formula is C15H24ClN3O. The SMILES string of the molecule is CCOc1cc(Cl)ccc1CNC(=NC)NCC(C)C. The van der Waals surface area contributed by atoms with E-state index in [-0.39, 0.29) is 0 Å². The van der Waals surface area contributed by atoms with Crippen molar-refractivity contribution in [2.75, 3.05) is 20.2 Å². The predicted molar refractivity (Wildman–Crippen MR) is 85.7 cm³/mol. The minimum Gasteiger partial charge on any atom is -0.493 e. The lowest BCUT2D eigenvalue weighted by Crippen LogP contribution is -2.38. The lowest BCUT2D eigenvalue weighted by atomic mass is 10.2. The smallest absolute Gasteiger partial charge is 0.191 e. The van der Waals surface area contributed by atoms with Gasteiger partial charge in [0.25, 0.3) is 0 Å². The molecule has 20 heavy (non-hydrogen) atoms. The Morgan fingerprint density at radius 2 is 2.10 bits per heavy atom. The number of hydrogen-bond donors (Lipinski definition) is 2. The highest BCUT2D eigenvalue weighted by molar-refractivity contribution is 6.30. The van der Waals surface area contributed by atoms with Gasteiger partial charge in [-0.1, -0.05) is 31.5 Å². The summed E-state index contributed by atoms with van der Waals surface area (Å²) in [7, 11) is 1.76. The molecule has 1 rings (SSSR count). The summed E-state index contributed by atoms with van der Waals surface area (Å²) in [4.78, 5) is 4.20. The second kappa shape index (κ2) is 8.69. The first-order valence-corrected chi connectivity index (χ1v) is 7.30. The number of guanidine groups is 1. The van der Waals surface area contributed by atoms with E-state index in [0.717, 1.165) is 23.8 Å². The van der Waals surface area contributed by atoms with Gasteiger partial charge in [0.05, 0.1) is 6.61 Å². The van der Waals surface area contributed by atoms with Gasteiger partial charge in [-0.15, -0.1) is 0 Å². The summed E-state index contributed by atoms with van der Waals surface area (Å²) in [5.41, 5.74) is 1.06. The molecule has 4 nitrogen and oxygen atoms in total. The van der Waals surface area contributed by atoms with Gasteiger partial charge < -0.3 is 15.4 Å². The van der Waals surface area contributed by atoms with E-state index in [4.69, 9.17) is 16.3 Å². The summed E-state index contributed by atoms with van der Waals surface area (Å²) in [6, 6.07) is 5.67. The Morgan fingerprint density at radius 1 is 1.35 bits per heavy atom. The monoisotopic (exact) mass is 297 g/mol. The van der Waals surface area contributed by atoms with Gasteiger partial charge in [-0.05, 0) is 25.0 Å². The van der Waals surface area contributed by atoms with E-state index in [9.17, 15) is 0 Å². The number of nitrogens with one attached hydrogen (secondary N) is 2. The molecule has 0 aliphatic rings. The molecule has 2 N–H and O–H groups in total. The van der Waals surface area contributed by atoms with Crippen molar-refractivity contribution >= 4 is 17.6 Å². The van der Waals surface area contributed by atoms with Crippen molar-refractivity contribution in [3.05, 3.63) is 28.8 Å². The fourth-order valence-electron chi connectivity index (χ4n) is 1.66. The van der Waals surface area contributed by atoms with Crippen LogP contribution >= 0.6 is 11.6 Å². The van der Waals surface area contributed by atoms with E-state index in [1.807, 2.05) is 25.1 Å². The summed E-state index contributed by atoms with van der Waals surface area (Å²) in [5.74, 6) is 2.17. The first-order chi connectivity index (χ1) is 9.56. The molecular weight excluding hydrogens is 274 g/mol. The van der Waals surface area contributed by atoms with Crippen LogP contribution in [0.15, 0.2) is 23.2 Å². The average molecular weight is 298 g/mol. The third-order valence-corrected chi connectivity index (χ3v) is 2.91. The summed E-state index contributed by atoms with van der Waals surface area (Å²) < 4.78 is 5.60. The molecule has 0 aliphatic heterocycles. The van der Waals surface area contributed by atoms with Crippen molar-refractivity contribution in [1.29, 1.82) is 0 Å². The first kappa shape index (κ1) is 16.6. The Morgan fingerprint density at radius 3 is 2.70 bits per heavy atom. The minimum atomic E-state index is 0.572. The van der Waals surface area contributed by atoms with Crippen LogP contribution in [-0.2, 0) is 6.54 Å². The summed E-state index contributed by atoms with van der Waals surface area (Å²) in [6.07, 6.45) is 0. The predicted octanol–water partition coefficient (Wildman–Crippen LogP) is 3.06. The molecule has 0 bridgehead atoms. The van der Waals surface area contributed by atoms with Crippen LogP contribution in [0.3, 0.4) is 0 Å². The second-order valence-corrected chi connectivity index (χ2v) is 5.32. The maximum atomic E-state index is 5.99. The molecule has 0 saturated carbocycles. The van der Waals surface area contributed by atoms with Gasteiger partial charge in [-0.25, -0.2) is 0 Å². The topological polar surface area (TPSA) is 45.6 Å². The summed E-state index contributed by atoms with van der Waals surface area (Å²) in [5, 5.41) is 7.23. The zero-order valence-corrected chi connectivity index (χ0v) is 13.4. The molecule has 0 aromatic heterocycles. The molecule has 0 spiro atoms. The number of hydrogen-bond acceptors (Lipinski definition) is 2. The summed E-state index contributed by atoms with van der Waals surface area (Å²) in [6.45, 7) is 8.43. The molecule has 0 unspecified atom stereocenters. The fourth-order valence-corrected chi connectivity index (χ4v) is 1.83. The molecule has 1 aromatic rings. The Balaban J connectivity index is 2.63. The normalized spacial score (nSPS) is 11.6. The van der Waals surface area contributed by atoms with Crippen LogP contribution in [-0.4, -0.2) is 26.2 Å². The average Bonchev–Trinajstić information content (AvgIpc) is 2.41. The third-order valence-electron chi connectivity index (χ3n) is 2.68. The van der Waals surface area contributed by atoms with E-state index < -0.39 is 0 Å². The molecule has 0 atom stereocenters. The maximum absolute atomic E-state index is 5.99. The maximum Gasteiger partial charge on any atom is 0.191 e. The number of ether oxygens (including phenoxy) is 1. The standard InChI is InChI=1S/C15H24ClN3O/c1-5-20-14-8-13(16)7-6-12(14)10-19-15(17-4)18-9-11(2)3/h6-8,11H,5,9-10H2,1-4H3,(H2,17,18,19). The van der Waals surface area contributed by atoms with Gasteiger partial charge in [0, 0.05) is 30.7 Å². The van der Waals surface area contributed by atoms with Crippen LogP contribution in [0.1, 0.15) is 26.3 Å². The Kier molecular flexibility index (Phi) is 7.23. The zero-order valence-electron chi connectivity index (χ0n) is 12.7. The van der Waals surface area contributed by atoms with Crippen LogP contribution in [0, 0.1) is 5.92 Å². The molecule has 0 radical (unpaired) electrons. The Bertz CT molecular complexity index is 447. The van der Waals surface area contributed by atoms with Gasteiger partial charge in [-0.2, -0.15) is 0 Å². The fraction of sp³-hybridized carbons (Fsp3) is 0.533. The van der Waals surface area contributed by atoms with Crippen LogP contribution in [0.5, 0.6) is 5.75 Å². The van der Waals surface area contributed by atoms with E-state index in [2.05, 4.69) is 29.5 Å². The molecule has 0 amide bonds. The highest BCUT2D eigenvalue weighted by Crippen LogP contribution is 2.23. The zero-order chi connectivity index (χ0) is 15.0. The van der Waals surface area contributed by atoms with Crippen LogP contribution in [0.2, 0.25) is 5.02 Å². The van der Waals surface area contributed by atoms with Gasteiger partial charge in [-0.3, -0.25) is 4.99 Å². The first-order valence-electron chi connectivity index (χ1n) is 6.92. The number of rotatable bonds is 6. The largest absolute Gasteiger partial charge is 0.493 e. The van der Waals surface area contributed by atoms with Crippen molar-refractivity contribution in [3.8, 4) is 5.75 Å². The van der Waals surface area contributed by atoms with Crippen molar-refractivity contribution < 1.29 is 4.74 Å². The molecule has 0 heterocycles. The molecule has 0 aliphatic carbocycles. The second-order valence-electron chi connectivity index (χ2n) is 4.89. The third kappa shape index (κ3) is 5.70. The highest BCUT2D eigenvalue weighted by atomic mass is 35.5. The van der Waals surface area contributed by atoms with Crippen molar-refractivity contribution in [3.63, 3.8) is 0 Å². The van der Waals surface area contributed by atoms with Crippen molar-refractivity contribution in [2.45, 2.75) is 27.3 Å². The van der Waals surface area contributed by atoms with Gasteiger partial charge in [0.2, 0.25) is 0 Å². The Labute approximate surface area is 126 Å². The van der Waals surface area contributed by atoms with Crippen LogP contribution in [0.4, 0.5) is 0 Å². The Hall–Kier alpha value is -1.42. The van der Waals surface area contributed by atoms with Gasteiger partial charge in [0.15, 0.2) is 5.96 Å². The van der Waals surface area contributed by atoms with E-state index in [1.54, 1.807) is 7.05 Å². The lowest BCUT2D eigenvalue weighted by Gasteiger charge is -2.15.